The van der Waals surface area contributed by atoms with Gasteiger partial charge in [0.1, 0.15) is 19.3 Å². The van der Waals surface area contributed by atoms with Crippen molar-refractivity contribution in [3.05, 3.63) is 36.6 Å². The highest BCUT2D eigenvalue weighted by atomic mass is 16.5. The molecule has 0 saturated carbocycles. The Hall–Kier alpha value is -2.16. The molecule has 0 fully saturated rings. The second-order valence-electron chi connectivity index (χ2n) is 16.4. The molecule has 0 N–H and O–H groups in total. The number of carbonyl (C=O) groups is 2. The van der Waals surface area contributed by atoms with Crippen molar-refractivity contribution in [3.8, 4) is 0 Å². The second-order valence-corrected chi connectivity index (χ2v) is 16.4. The van der Waals surface area contributed by atoms with Crippen molar-refractivity contribution in [1.29, 1.82) is 0 Å². The molecule has 1 unspecified atom stereocenters. The fraction of sp³-hybridized carbons (Fsp3) is 0.840. The summed E-state index contributed by atoms with van der Waals surface area (Å²) in [5.74, 6) is 0.726. The molecular weight excluding hydrogens is 727 g/mol. The topological polar surface area (TPSA) is 83.5 Å². The molecule has 0 amide bonds. The molecule has 8 nitrogen and oxygen atoms in total. The molecule has 0 saturated heterocycles. The Labute approximate surface area is 358 Å². The van der Waals surface area contributed by atoms with Gasteiger partial charge in [-0.25, -0.2) is 0 Å². The lowest BCUT2D eigenvalue weighted by Gasteiger charge is -2.18. The lowest BCUT2D eigenvalue weighted by atomic mass is 10.0. The molecule has 0 aliphatic rings. The van der Waals surface area contributed by atoms with Crippen LogP contribution in [0.4, 0.5) is 0 Å². The molecule has 1 atom stereocenters. The fourth-order valence-electron chi connectivity index (χ4n) is 6.69. The number of ether oxygens (including phenoxy) is 5. The molecule has 58 heavy (non-hydrogen) atoms. The van der Waals surface area contributed by atoms with Crippen LogP contribution in [0.2, 0.25) is 0 Å². The molecule has 0 aromatic carbocycles. The molecule has 0 heterocycles. The first-order valence-corrected chi connectivity index (χ1v) is 24.1. The van der Waals surface area contributed by atoms with E-state index in [9.17, 15) is 9.59 Å². The zero-order valence-electron chi connectivity index (χ0n) is 38.6. The number of carbonyl (C=O) groups excluding carboxylic acids is 2. The maximum Gasteiger partial charge on any atom is 0.306 e. The Morgan fingerprint density at radius 2 is 0.948 bits per heavy atom. The van der Waals surface area contributed by atoms with Crippen molar-refractivity contribution < 1.29 is 33.3 Å². The SMILES string of the molecule is C=C(CCCCCCCCC(CCCCCCCCC(=O)OC/C=C/CCCOCCCCCC)OC(=O)CCCN(C)C)OC/C=C/CCCOCCCCCC. The first-order valence-electron chi connectivity index (χ1n) is 24.1. The smallest absolute Gasteiger partial charge is 0.306 e. The van der Waals surface area contributed by atoms with Gasteiger partial charge >= 0.3 is 11.9 Å². The number of rotatable bonds is 46. The molecule has 0 aliphatic heterocycles. The average Bonchev–Trinajstić information content (AvgIpc) is 3.20. The number of esters is 2. The largest absolute Gasteiger partial charge is 0.495 e. The molecule has 340 valence electrons. The van der Waals surface area contributed by atoms with Gasteiger partial charge in [0.15, 0.2) is 0 Å². The van der Waals surface area contributed by atoms with Gasteiger partial charge in [-0.2, -0.15) is 0 Å². The maximum absolute atomic E-state index is 12.6. The summed E-state index contributed by atoms with van der Waals surface area (Å²) in [7, 11) is 4.07. The number of hydrogen-bond acceptors (Lipinski definition) is 8. The van der Waals surface area contributed by atoms with Crippen LogP contribution in [0.25, 0.3) is 0 Å². The number of unbranched alkanes of at least 4 members (excludes halogenated alkanes) is 18. The van der Waals surface area contributed by atoms with E-state index in [2.05, 4.69) is 43.6 Å². The number of allylic oxidation sites excluding steroid dienone is 3. The van der Waals surface area contributed by atoms with E-state index in [1.807, 2.05) is 20.2 Å². The standard InChI is InChI=1S/C50H93NO7/c1-6-8-10-28-41-54-43-30-20-22-32-45-56-47(3)35-24-16-12-13-17-25-36-48(58-50(53)39-34-40-51(4)5)37-26-18-14-15-19-27-38-49(52)57-46-33-23-21-31-44-55-42-29-11-9-7-2/h22-23,32-33,48H,3,6-21,24-31,34-46H2,1-2,4-5H3/b32-22+,33-23+. The summed E-state index contributed by atoms with van der Waals surface area (Å²) in [6, 6.07) is 0. The minimum Gasteiger partial charge on any atom is -0.495 e. The molecule has 0 aliphatic carbocycles. The molecule has 0 spiro atoms. The highest BCUT2D eigenvalue weighted by Crippen LogP contribution is 2.19. The monoisotopic (exact) mass is 820 g/mol. The van der Waals surface area contributed by atoms with E-state index < -0.39 is 0 Å². The van der Waals surface area contributed by atoms with E-state index in [1.165, 1.54) is 70.6 Å². The van der Waals surface area contributed by atoms with E-state index in [0.29, 0.717) is 26.1 Å². The third-order valence-electron chi connectivity index (χ3n) is 10.3. The van der Waals surface area contributed by atoms with Crippen LogP contribution >= 0.6 is 0 Å². The van der Waals surface area contributed by atoms with E-state index in [-0.39, 0.29) is 18.0 Å². The van der Waals surface area contributed by atoms with Crippen LogP contribution in [0.5, 0.6) is 0 Å². The van der Waals surface area contributed by atoms with Gasteiger partial charge in [-0.1, -0.05) is 135 Å². The summed E-state index contributed by atoms with van der Waals surface area (Å²) < 4.78 is 28.5. The fourth-order valence-corrected chi connectivity index (χ4v) is 6.69. The second kappa shape index (κ2) is 45.9. The molecular formula is C50H93NO7. The Morgan fingerprint density at radius 1 is 0.500 bits per heavy atom. The third kappa shape index (κ3) is 44.9. The van der Waals surface area contributed by atoms with Crippen molar-refractivity contribution in [2.45, 2.75) is 213 Å². The average molecular weight is 820 g/mol. The van der Waals surface area contributed by atoms with Crippen LogP contribution in [0.1, 0.15) is 206 Å². The molecule has 0 aromatic rings. The normalized spacial score (nSPS) is 12.2. The van der Waals surface area contributed by atoms with Gasteiger partial charge in [0.2, 0.25) is 0 Å². The van der Waals surface area contributed by atoms with E-state index in [0.717, 1.165) is 148 Å². The van der Waals surface area contributed by atoms with Crippen LogP contribution in [0.15, 0.2) is 36.6 Å². The van der Waals surface area contributed by atoms with Gasteiger partial charge in [0.05, 0.1) is 5.76 Å². The summed E-state index contributed by atoms with van der Waals surface area (Å²) in [4.78, 5) is 26.8. The Balaban J connectivity index is 4.00. The highest BCUT2D eigenvalue weighted by Gasteiger charge is 2.14. The molecule has 0 rings (SSSR count). The molecule has 0 bridgehead atoms. The predicted octanol–water partition coefficient (Wildman–Crippen LogP) is 13.4. The summed E-state index contributed by atoms with van der Waals surface area (Å²) in [5.41, 5.74) is 0. The van der Waals surface area contributed by atoms with Gasteiger partial charge in [0.25, 0.3) is 0 Å². The Kier molecular flexibility index (Phi) is 44.2. The van der Waals surface area contributed by atoms with Crippen molar-refractivity contribution in [3.63, 3.8) is 0 Å². The molecule has 8 heteroatoms. The summed E-state index contributed by atoms with van der Waals surface area (Å²) in [6.45, 7) is 13.8. The lowest BCUT2D eigenvalue weighted by molar-refractivity contribution is -0.150. The summed E-state index contributed by atoms with van der Waals surface area (Å²) in [5, 5.41) is 0. The van der Waals surface area contributed by atoms with Gasteiger partial charge in [-0.05, 0) is 104 Å². The Morgan fingerprint density at radius 3 is 1.48 bits per heavy atom. The van der Waals surface area contributed by atoms with Crippen LogP contribution in [-0.2, 0) is 33.3 Å². The van der Waals surface area contributed by atoms with Gasteiger partial charge in [-0.3, -0.25) is 9.59 Å². The van der Waals surface area contributed by atoms with E-state index in [4.69, 9.17) is 23.7 Å². The van der Waals surface area contributed by atoms with Crippen molar-refractivity contribution >= 4 is 11.9 Å². The van der Waals surface area contributed by atoms with E-state index in [1.54, 1.807) is 0 Å². The van der Waals surface area contributed by atoms with Gasteiger partial charge < -0.3 is 28.6 Å². The third-order valence-corrected chi connectivity index (χ3v) is 10.3. The maximum atomic E-state index is 12.6. The van der Waals surface area contributed by atoms with E-state index >= 15 is 0 Å². The predicted molar refractivity (Wildman–Crippen MR) is 244 cm³/mol. The minimum atomic E-state index is -0.106. The van der Waals surface area contributed by atoms with Crippen molar-refractivity contribution in [1.82, 2.24) is 4.90 Å². The van der Waals surface area contributed by atoms with Crippen LogP contribution in [0, 0.1) is 0 Å². The summed E-state index contributed by atoms with van der Waals surface area (Å²) in [6.07, 6.45) is 40.4. The number of nitrogens with zero attached hydrogens (tertiary/aromatic N) is 1. The summed E-state index contributed by atoms with van der Waals surface area (Å²) >= 11 is 0. The highest BCUT2D eigenvalue weighted by molar-refractivity contribution is 5.69. The first kappa shape index (κ1) is 55.8. The zero-order valence-corrected chi connectivity index (χ0v) is 38.6. The number of hydrogen-bond donors (Lipinski definition) is 0. The minimum absolute atomic E-state index is 0.0208. The van der Waals surface area contributed by atoms with Crippen molar-refractivity contribution in [2.24, 2.45) is 0 Å². The first-order chi connectivity index (χ1) is 28.4. The lowest BCUT2D eigenvalue weighted by Crippen LogP contribution is -2.20. The quantitative estimate of drug-likeness (QED) is 0.0260. The molecule has 0 radical (unpaired) electrons. The van der Waals surface area contributed by atoms with Crippen LogP contribution in [-0.4, -0.2) is 83.2 Å². The van der Waals surface area contributed by atoms with Gasteiger partial charge in [-0.15, -0.1) is 0 Å². The van der Waals surface area contributed by atoms with Gasteiger partial charge in [0, 0.05) is 45.7 Å². The van der Waals surface area contributed by atoms with Crippen molar-refractivity contribution in [2.75, 3.05) is 60.3 Å². The Bertz CT molecular complexity index is 904. The molecule has 0 aromatic heterocycles. The zero-order chi connectivity index (χ0) is 42.4. The van der Waals surface area contributed by atoms with Crippen LogP contribution < -0.4 is 0 Å². The van der Waals surface area contributed by atoms with Crippen LogP contribution in [0.3, 0.4) is 0 Å².